The normalized spacial score (nSPS) is 10.3. The van der Waals surface area contributed by atoms with Gasteiger partial charge in [0, 0.05) is 11.3 Å². The van der Waals surface area contributed by atoms with Crippen molar-refractivity contribution in [1.82, 2.24) is 9.97 Å². The summed E-state index contributed by atoms with van der Waals surface area (Å²) in [5.41, 5.74) is 8.62. The van der Waals surface area contributed by atoms with Gasteiger partial charge < -0.3 is 21.1 Å². The Morgan fingerprint density at radius 2 is 1.76 bits per heavy atom. The molecule has 3 rings (SSSR count). The van der Waals surface area contributed by atoms with Crippen LogP contribution in [0.2, 0.25) is 0 Å². The Hall–Kier alpha value is -3.94. The van der Waals surface area contributed by atoms with Crippen LogP contribution in [0, 0.1) is 0 Å². The van der Waals surface area contributed by atoms with E-state index in [1.165, 1.54) is 13.3 Å². The molecule has 0 unspecified atom stereocenters. The fraction of sp³-hybridized carbons (Fsp3) is 0.143. The van der Waals surface area contributed by atoms with Gasteiger partial charge in [0.15, 0.2) is 17.4 Å². The van der Waals surface area contributed by atoms with Crippen LogP contribution < -0.4 is 16.4 Å². The molecule has 0 saturated carbocycles. The van der Waals surface area contributed by atoms with Gasteiger partial charge in [-0.15, -0.1) is 0 Å². The number of anilines is 5. The number of nitrogens with one attached hydrogen (secondary N) is 2. The van der Waals surface area contributed by atoms with E-state index in [2.05, 4.69) is 20.6 Å². The Kier molecular flexibility index (Phi) is 6.03. The predicted molar refractivity (Wildman–Crippen MR) is 112 cm³/mol. The fourth-order valence-electron chi connectivity index (χ4n) is 2.65. The summed E-state index contributed by atoms with van der Waals surface area (Å²) in [6.07, 6.45) is 1.35. The lowest BCUT2D eigenvalue weighted by molar-refractivity contribution is 0.0527. The molecule has 0 fully saturated rings. The highest BCUT2D eigenvalue weighted by molar-refractivity contribution is 5.97. The maximum atomic E-state index is 12.2. The van der Waals surface area contributed by atoms with Crippen LogP contribution in [0.4, 0.5) is 28.7 Å². The van der Waals surface area contributed by atoms with E-state index in [0.29, 0.717) is 34.1 Å². The van der Waals surface area contributed by atoms with Crippen LogP contribution in [0.3, 0.4) is 0 Å². The van der Waals surface area contributed by atoms with E-state index in [4.69, 9.17) is 10.5 Å². The first-order valence-corrected chi connectivity index (χ1v) is 9.01. The van der Waals surface area contributed by atoms with Gasteiger partial charge in [-0.05, 0) is 38.1 Å². The fourth-order valence-corrected chi connectivity index (χ4v) is 2.65. The molecule has 4 N–H and O–H groups in total. The molecule has 8 nitrogen and oxygen atoms in total. The summed E-state index contributed by atoms with van der Waals surface area (Å²) in [5.74, 6) is 0.226. The average molecular weight is 391 g/mol. The lowest BCUT2D eigenvalue weighted by atomic mass is 10.1. The van der Waals surface area contributed by atoms with Crippen molar-refractivity contribution in [2.24, 2.45) is 0 Å². The van der Waals surface area contributed by atoms with Crippen LogP contribution >= 0.6 is 0 Å². The van der Waals surface area contributed by atoms with Crippen molar-refractivity contribution < 1.29 is 14.3 Å². The molecule has 0 aliphatic rings. The molecule has 148 valence electrons. The molecule has 0 aliphatic carbocycles. The number of carbonyl (C=O) groups excluding carboxylic acids is 2. The summed E-state index contributed by atoms with van der Waals surface area (Å²) in [4.78, 5) is 32.1. The Bertz CT molecular complexity index is 1050. The number of benzene rings is 2. The molecule has 29 heavy (non-hydrogen) atoms. The standard InChI is InChI=1S/C21H21N5O3/c1-3-29-21(28)16-9-4-5-10-17(16)26-20-18(22)19(23-12-24-20)25-15-8-6-7-14(11-15)13(2)27/h4-12H,3,22H2,1-2H3,(H2,23,24,25,26). The second-order valence-electron chi connectivity index (χ2n) is 6.14. The first-order chi connectivity index (χ1) is 14.0. The second kappa shape index (κ2) is 8.83. The van der Waals surface area contributed by atoms with E-state index in [-0.39, 0.29) is 18.1 Å². The lowest BCUT2D eigenvalue weighted by Crippen LogP contribution is -2.10. The summed E-state index contributed by atoms with van der Waals surface area (Å²) in [5, 5.41) is 6.16. The van der Waals surface area contributed by atoms with Crippen LogP contribution in [-0.2, 0) is 4.74 Å². The van der Waals surface area contributed by atoms with Crippen LogP contribution in [0.5, 0.6) is 0 Å². The molecule has 0 atom stereocenters. The van der Waals surface area contributed by atoms with E-state index >= 15 is 0 Å². The molecule has 0 aliphatic heterocycles. The number of aromatic nitrogens is 2. The topological polar surface area (TPSA) is 119 Å². The van der Waals surface area contributed by atoms with Crippen molar-refractivity contribution in [2.75, 3.05) is 23.0 Å². The molecule has 8 heteroatoms. The maximum absolute atomic E-state index is 12.2. The molecule has 3 aromatic rings. The number of para-hydroxylation sites is 1. The predicted octanol–water partition coefficient (Wildman–Crippen LogP) is 3.93. The van der Waals surface area contributed by atoms with Crippen molar-refractivity contribution in [3.63, 3.8) is 0 Å². The van der Waals surface area contributed by atoms with Gasteiger partial charge in [-0.2, -0.15) is 0 Å². The number of ketones is 1. The third-order valence-corrected chi connectivity index (χ3v) is 4.09. The molecule has 1 heterocycles. The molecule has 0 saturated heterocycles. The molecular formula is C21H21N5O3. The van der Waals surface area contributed by atoms with Crippen molar-refractivity contribution in [2.45, 2.75) is 13.8 Å². The quantitative estimate of drug-likeness (QED) is 0.409. The van der Waals surface area contributed by atoms with Gasteiger partial charge in [0.2, 0.25) is 0 Å². The average Bonchev–Trinajstić information content (AvgIpc) is 2.72. The highest BCUT2D eigenvalue weighted by Crippen LogP contribution is 2.29. The number of esters is 1. The number of nitrogens with zero attached hydrogens (tertiary/aromatic N) is 2. The minimum atomic E-state index is -0.442. The van der Waals surface area contributed by atoms with E-state index in [1.54, 1.807) is 55.5 Å². The monoisotopic (exact) mass is 391 g/mol. The Morgan fingerprint density at radius 3 is 2.48 bits per heavy atom. The van der Waals surface area contributed by atoms with Crippen LogP contribution in [-0.4, -0.2) is 28.3 Å². The summed E-state index contributed by atoms with van der Waals surface area (Å²) in [6, 6.07) is 13.9. The third kappa shape index (κ3) is 4.67. The number of nitrogens with two attached hydrogens (primary N) is 1. The van der Waals surface area contributed by atoms with Crippen LogP contribution in [0.1, 0.15) is 34.6 Å². The van der Waals surface area contributed by atoms with Gasteiger partial charge in [0.05, 0.1) is 17.9 Å². The minimum absolute atomic E-state index is 0.0396. The number of hydrogen-bond acceptors (Lipinski definition) is 8. The zero-order chi connectivity index (χ0) is 20.8. The van der Waals surface area contributed by atoms with Gasteiger partial charge in [-0.3, -0.25) is 4.79 Å². The highest BCUT2D eigenvalue weighted by Gasteiger charge is 2.15. The maximum Gasteiger partial charge on any atom is 0.340 e. The molecule has 1 aromatic heterocycles. The van der Waals surface area contributed by atoms with Gasteiger partial charge >= 0.3 is 5.97 Å². The molecule has 0 radical (unpaired) electrons. The van der Waals surface area contributed by atoms with Gasteiger partial charge in [0.1, 0.15) is 12.0 Å². The minimum Gasteiger partial charge on any atom is -0.462 e. The molecule has 0 amide bonds. The van der Waals surface area contributed by atoms with Crippen LogP contribution in [0.15, 0.2) is 54.9 Å². The number of Topliss-reactive ketones (excluding diaryl/α,β-unsaturated/α-hetero) is 1. The molecule has 0 bridgehead atoms. The SMILES string of the molecule is CCOC(=O)c1ccccc1Nc1ncnc(Nc2cccc(C(C)=O)c2)c1N. The number of hydrogen-bond donors (Lipinski definition) is 3. The Labute approximate surface area is 168 Å². The highest BCUT2D eigenvalue weighted by atomic mass is 16.5. The number of rotatable bonds is 7. The van der Waals surface area contributed by atoms with E-state index in [9.17, 15) is 9.59 Å². The zero-order valence-corrected chi connectivity index (χ0v) is 16.1. The van der Waals surface area contributed by atoms with E-state index in [1.807, 2.05) is 0 Å². The van der Waals surface area contributed by atoms with Gasteiger partial charge in [0.25, 0.3) is 0 Å². The van der Waals surface area contributed by atoms with E-state index < -0.39 is 5.97 Å². The van der Waals surface area contributed by atoms with Crippen molar-refractivity contribution >= 4 is 40.5 Å². The summed E-state index contributed by atoms with van der Waals surface area (Å²) < 4.78 is 5.09. The van der Waals surface area contributed by atoms with Crippen molar-refractivity contribution in [3.8, 4) is 0 Å². The molecular weight excluding hydrogens is 370 g/mol. The van der Waals surface area contributed by atoms with Gasteiger partial charge in [-0.1, -0.05) is 24.3 Å². The van der Waals surface area contributed by atoms with Crippen molar-refractivity contribution in [3.05, 3.63) is 66.0 Å². The van der Waals surface area contributed by atoms with Crippen molar-refractivity contribution in [1.29, 1.82) is 0 Å². The summed E-state index contributed by atoms with van der Waals surface area (Å²) in [6.45, 7) is 3.52. The number of nitrogen functional groups attached to an aromatic ring is 1. The number of ether oxygens (including phenoxy) is 1. The first-order valence-electron chi connectivity index (χ1n) is 9.01. The lowest BCUT2D eigenvalue weighted by Gasteiger charge is -2.14. The summed E-state index contributed by atoms with van der Waals surface area (Å²) in [7, 11) is 0. The summed E-state index contributed by atoms with van der Waals surface area (Å²) >= 11 is 0. The Balaban J connectivity index is 1.88. The third-order valence-electron chi connectivity index (χ3n) is 4.09. The van der Waals surface area contributed by atoms with Crippen LogP contribution in [0.25, 0.3) is 0 Å². The molecule has 0 spiro atoms. The Morgan fingerprint density at radius 1 is 1.03 bits per heavy atom. The smallest absolute Gasteiger partial charge is 0.340 e. The second-order valence-corrected chi connectivity index (χ2v) is 6.14. The first kappa shape index (κ1) is 19.8. The largest absolute Gasteiger partial charge is 0.462 e. The zero-order valence-electron chi connectivity index (χ0n) is 16.1. The number of carbonyl (C=O) groups is 2. The van der Waals surface area contributed by atoms with E-state index in [0.717, 1.165) is 0 Å². The van der Waals surface area contributed by atoms with Gasteiger partial charge in [-0.25, -0.2) is 14.8 Å². The molecule has 2 aromatic carbocycles.